The molecule has 34 heavy (non-hydrogen) atoms. The topological polar surface area (TPSA) is 60.0 Å². The van der Waals surface area contributed by atoms with Crippen LogP contribution in [0.3, 0.4) is 0 Å². The molecule has 1 aliphatic heterocycles. The number of carbonyl (C=O) groups is 1. The molecule has 3 aromatic rings. The van der Waals surface area contributed by atoms with Crippen LogP contribution in [0.15, 0.2) is 66.7 Å². The maximum atomic E-state index is 13.0. The Labute approximate surface area is 201 Å². The van der Waals surface area contributed by atoms with E-state index in [1.165, 1.54) is 18.4 Å². The number of nitrogens with one attached hydrogen (secondary N) is 1. The highest BCUT2D eigenvalue weighted by molar-refractivity contribution is 5.95. The number of benzene rings is 3. The molecular weight excluding hydrogens is 428 g/mol. The summed E-state index contributed by atoms with van der Waals surface area (Å²) < 4.78 is 17.1. The first-order valence-electron chi connectivity index (χ1n) is 11.7. The number of likely N-dealkylation sites (tertiary alicyclic amines) is 1. The molecule has 1 N–H and O–H groups in total. The smallest absolute Gasteiger partial charge is 0.251 e. The van der Waals surface area contributed by atoms with Crippen molar-refractivity contribution >= 4 is 5.91 Å². The third-order valence-electron chi connectivity index (χ3n) is 6.10. The van der Waals surface area contributed by atoms with Crippen molar-refractivity contribution in [3.63, 3.8) is 0 Å². The van der Waals surface area contributed by atoms with E-state index in [-0.39, 0.29) is 5.91 Å². The lowest BCUT2D eigenvalue weighted by Crippen LogP contribution is -2.25. The van der Waals surface area contributed by atoms with Gasteiger partial charge in [0.1, 0.15) is 6.61 Å². The SMILES string of the molecule is COc1cc(C(=O)NCc2ccccc2CN2CCCC2)cc(OC)c1OCc1ccccc1. The standard InChI is InChI=1S/C28H32N2O4/c1-32-25-16-24(17-26(33-2)27(25)34-20-21-10-4-3-5-11-21)28(31)29-18-22-12-6-7-13-23(22)19-30-14-8-9-15-30/h3-7,10-13,16-17H,8-9,14-15,18-20H2,1-2H3,(H,29,31). The molecule has 0 aliphatic carbocycles. The summed E-state index contributed by atoms with van der Waals surface area (Å²) in [7, 11) is 3.11. The summed E-state index contributed by atoms with van der Waals surface area (Å²) in [5, 5.41) is 3.05. The minimum Gasteiger partial charge on any atom is -0.493 e. The number of methoxy groups -OCH3 is 2. The number of carbonyl (C=O) groups excluding carboxylic acids is 1. The van der Waals surface area contributed by atoms with Gasteiger partial charge in [0.25, 0.3) is 5.91 Å². The quantitative estimate of drug-likeness (QED) is 0.471. The van der Waals surface area contributed by atoms with Crippen LogP contribution in [0, 0.1) is 0 Å². The monoisotopic (exact) mass is 460 g/mol. The third-order valence-corrected chi connectivity index (χ3v) is 6.10. The normalized spacial score (nSPS) is 13.5. The van der Waals surface area contributed by atoms with E-state index < -0.39 is 0 Å². The second-order valence-electron chi connectivity index (χ2n) is 8.42. The molecule has 178 valence electrons. The van der Waals surface area contributed by atoms with Gasteiger partial charge in [-0.1, -0.05) is 54.6 Å². The van der Waals surface area contributed by atoms with Crippen molar-refractivity contribution in [1.82, 2.24) is 10.2 Å². The van der Waals surface area contributed by atoms with Gasteiger partial charge in [-0.15, -0.1) is 0 Å². The fraction of sp³-hybridized carbons (Fsp3) is 0.321. The molecule has 3 aromatic carbocycles. The first-order chi connectivity index (χ1) is 16.7. The zero-order valence-corrected chi connectivity index (χ0v) is 19.9. The second kappa shape index (κ2) is 11.6. The molecule has 0 atom stereocenters. The van der Waals surface area contributed by atoms with Gasteiger partial charge in [0.15, 0.2) is 11.5 Å². The van der Waals surface area contributed by atoms with Crippen LogP contribution in [0.2, 0.25) is 0 Å². The molecule has 6 heteroatoms. The van der Waals surface area contributed by atoms with Crippen LogP contribution in [0.4, 0.5) is 0 Å². The van der Waals surface area contributed by atoms with E-state index in [9.17, 15) is 4.79 Å². The molecule has 0 bridgehead atoms. The summed E-state index contributed by atoms with van der Waals surface area (Å²) >= 11 is 0. The lowest BCUT2D eigenvalue weighted by Gasteiger charge is -2.18. The molecule has 6 nitrogen and oxygen atoms in total. The number of nitrogens with zero attached hydrogens (tertiary/aromatic N) is 1. The van der Waals surface area contributed by atoms with Crippen LogP contribution >= 0.6 is 0 Å². The second-order valence-corrected chi connectivity index (χ2v) is 8.42. The van der Waals surface area contributed by atoms with Gasteiger partial charge >= 0.3 is 0 Å². The minimum atomic E-state index is -0.192. The summed E-state index contributed by atoms with van der Waals surface area (Å²) in [6.45, 7) is 4.02. The van der Waals surface area contributed by atoms with Crippen molar-refractivity contribution in [2.75, 3.05) is 27.3 Å². The van der Waals surface area contributed by atoms with Crippen LogP contribution in [0.1, 0.15) is 39.9 Å². The Morgan fingerprint density at radius 2 is 1.50 bits per heavy atom. The zero-order valence-electron chi connectivity index (χ0n) is 19.9. The van der Waals surface area contributed by atoms with Crippen molar-refractivity contribution in [3.05, 3.63) is 89.0 Å². The maximum Gasteiger partial charge on any atom is 0.251 e. The molecule has 0 saturated carbocycles. The molecule has 0 spiro atoms. The third kappa shape index (κ3) is 5.88. The fourth-order valence-electron chi connectivity index (χ4n) is 4.23. The lowest BCUT2D eigenvalue weighted by atomic mass is 10.1. The van der Waals surface area contributed by atoms with Gasteiger partial charge in [-0.3, -0.25) is 9.69 Å². The van der Waals surface area contributed by atoms with Crippen molar-refractivity contribution < 1.29 is 19.0 Å². The fourth-order valence-corrected chi connectivity index (χ4v) is 4.23. The summed E-state index contributed by atoms with van der Waals surface area (Å²) in [4.78, 5) is 15.5. The Morgan fingerprint density at radius 1 is 0.882 bits per heavy atom. The number of ether oxygens (including phenoxy) is 3. The van der Waals surface area contributed by atoms with E-state index in [0.29, 0.717) is 36.0 Å². The van der Waals surface area contributed by atoms with Crippen LogP contribution < -0.4 is 19.5 Å². The number of hydrogen-bond acceptors (Lipinski definition) is 5. The highest BCUT2D eigenvalue weighted by Gasteiger charge is 2.19. The van der Waals surface area contributed by atoms with E-state index >= 15 is 0 Å². The van der Waals surface area contributed by atoms with Gasteiger partial charge in [-0.2, -0.15) is 0 Å². The van der Waals surface area contributed by atoms with Gasteiger partial charge < -0.3 is 19.5 Å². The maximum absolute atomic E-state index is 13.0. The summed E-state index contributed by atoms with van der Waals surface area (Å²) in [6.07, 6.45) is 2.52. The van der Waals surface area contributed by atoms with Gasteiger partial charge in [0.05, 0.1) is 14.2 Å². The average Bonchev–Trinajstić information content (AvgIpc) is 3.40. The zero-order chi connectivity index (χ0) is 23.8. The van der Waals surface area contributed by atoms with Crippen molar-refractivity contribution in [3.8, 4) is 17.2 Å². The van der Waals surface area contributed by atoms with Gasteiger partial charge in [-0.25, -0.2) is 0 Å². The molecule has 4 rings (SSSR count). The number of amides is 1. The van der Waals surface area contributed by atoms with Crippen molar-refractivity contribution in [1.29, 1.82) is 0 Å². The Bertz CT molecular complexity index is 1070. The number of rotatable bonds is 10. The van der Waals surface area contributed by atoms with Gasteiger partial charge in [-0.05, 0) is 54.8 Å². The Hall–Kier alpha value is -3.51. The molecular formula is C28H32N2O4. The van der Waals surface area contributed by atoms with Crippen molar-refractivity contribution in [2.45, 2.75) is 32.5 Å². The summed E-state index contributed by atoms with van der Waals surface area (Å²) in [5.74, 6) is 1.19. The summed E-state index contributed by atoms with van der Waals surface area (Å²) in [6, 6.07) is 21.5. The molecule has 1 saturated heterocycles. The largest absolute Gasteiger partial charge is 0.493 e. The van der Waals surface area contributed by atoms with Crippen LogP contribution in [0.5, 0.6) is 17.2 Å². The summed E-state index contributed by atoms with van der Waals surface area (Å²) in [5.41, 5.74) is 3.87. The highest BCUT2D eigenvalue weighted by atomic mass is 16.5. The van der Waals surface area contributed by atoms with Crippen LogP contribution in [0.25, 0.3) is 0 Å². The Balaban J connectivity index is 1.46. The van der Waals surface area contributed by atoms with Crippen molar-refractivity contribution in [2.24, 2.45) is 0 Å². The Kier molecular flexibility index (Phi) is 8.04. The number of hydrogen-bond donors (Lipinski definition) is 1. The predicted octanol–water partition coefficient (Wildman–Crippen LogP) is 4.81. The molecule has 1 amide bonds. The molecule has 1 aliphatic rings. The van der Waals surface area contributed by atoms with E-state index in [0.717, 1.165) is 30.8 Å². The highest BCUT2D eigenvalue weighted by Crippen LogP contribution is 2.39. The predicted molar refractivity (Wildman–Crippen MR) is 132 cm³/mol. The molecule has 0 aromatic heterocycles. The Morgan fingerprint density at radius 3 is 2.15 bits per heavy atom. The van der Waals surface area contributed by atoms with E-state index in [2.05, 4.69) is 28.4 Å². The van der Waals surface area contributed by atoms with E-state index in [1.54, 1.807) is 26.4 Å². The molecule has 1 fully saturated rings. The van der Waals surface area contributed by atoms with Crippen LogP contribution in [-0.4, -0.2) is 38.1 Å². The first kappa shape index (κ1) is 23.6. The van der Waals surface area contributed by atoms with Gasteiger partial charge in [0.2, 0.25) is 5.75 Å². The first-order valence-corrected chi connectivity index (χ1v) is 11.7. The minimum absolute atomic E-state index is 0.192. The van der Waals surface area contributed by atoms with E-state index in [1.807, 2.05) is 36.4 Å². The lowest BCUT2D eigenvalue weighted by molar-refractivity contribution is 0.0950. The molecule has 0 unspecified atom stereocenters. The average molecular weight is 461 g/mol. The van der Waals surface area contributed by atoms with Crippen LogP contribution in [-0.2, 0) is 19.7 Å². The van der Waals surface area contributed by atoms with Gasteiger partial charge in [0, 0.05) is 18.7 Å². The van der Waals surface area contributed by atoms with E-state index in [4.69, 9.17) is 14.2 Å². The molecule has 1 heterocycles. The molecule has 0 radical (unpaired) electrons.